The Kier molecular flexibility index (Phi) is 4.98. The van der Waals surface area contributed by atoms with Crippen molar-refractivity contribution in [2.24, 2.45) is 0 Å². The van der Waals surface area contributed by atoms with Crippen LogP contribution in [0.15, 0.2) is 24.3 Å². The van der Waals surface area contributed by atoms with E-state index in [1.54, 1.807) is 7.11 Å². The Morgan fingerprint density at radius 3 is 2.67 bits per heavy atom. The first kappa shape index (κ1) is 11.9. The molecule has 0 aromatic heterocycles. The van der Waals surface area contributed by atoms with Crippen LogP contribution in [0.25, 0.3) is 0 Å². The molecule has 3 nitrogen and oxygen atoms in total. The molecule has 3 heteroatoms. The lowest BCUT2D eigenvalue weighted by atomic mass is 10.3. The average Bonchev–Trinajstić information content (AvgIpc) is 2.29. The third-order valence-electron chi connectivity index (χ3n) is 2.32. The monoisotopic (exact) mass is 209 g/mol. The van der Waals surface area contributed by atoms with E-state index < -0.39 is 0 Å². The van der Waals surface area contributed by atoms with E-state index in [2.05, 4.69) is 18.9 Å². The third-order valence-corrected chi connectivity index (χ3v) is 2.32. The Bertz CT molecular complexity index is 289. The van der Waals surface area contributed by atoms with Crippen LogP contribution in [-0.4, -0.2) is 38.8 Å². The number of hydrogen-bond donors (Lipinski definition) is 0. The van der Waals surface area contributed by atoms with Crippen LogP contribution in [0.1, 0.15) is 6.92 Å². The molecule has 0 aliphatic rings. The lowest BCUT2D eigenvalue weighted by molar-refractivity contribution is 0.243. The van der Waals surface area contributed by atoms with Gasteiger partial charge in [0.05, 0.1) is 7.11 Å². The molecule has 0 saturated heterocycles. The van der Waals surface area contributed by atoms with Gasteiger partial charge in [-0.1, -0.05) is 13.0 Å². The maximum atomic E-state index is 5.60. The van der Waals surface area contributed by atoms with E-state index in [4.69, 9.17) is 9.47 Å². The molecular weight excluding hydrogens is 190 g/mol. The smallest absolute Gasteiger partial charge is 0.123 e. The summed E-state index contributed by atoms with van der Waals surface area (Å²) in [5.74, 6) is 1.69. The minimum atomic E-state index is 0.706. The second kappa shape index (κ2) is 6.30. The van der Waals surface area contributed by atoms with E-state index in [0.717, 1.165) is 24.6 Å². The SMILES string of the molecule is CCN(C)CCOc1cccc(OC)c1. The highest BCUT2D eigenvalue weighted by molar-refractivity contribution is 5.32. The fourth-order valence-corrected chi connectivity index (χ4v) is 1.17. The number of methoxy groups -OCH3 is 1. The lowest BCUT2D eigenvalue weighted by Gasteiger charge is -2.14. The molecule has 0 radical (unpaired) electrons. The fourth-order valence-electron chi connectivity index (χ4n) is 1.17. The van der Waals surface area contributed by atoms with Crippen molar-refractivity contribution in [2.45, 2.75) is 6.92 Å². The van der Waals surface area contributed by atoms with Crippen molar-refractivity contribution in [3.63, 3.8) is 0 Å². The molecule has 1 aromatic rings. The summed E-state index contributed by atoms with van der Waals surface area (Å²) in [6, 6.07) is 7.67. The summed E-state index contributed by atoms with van der Waals surface area (Å²) in [7, 11) is 3.74. The van der Waals surface area contributed by atoms with E-state index in [1.807, 2.05) is 24.3 Å². The average molecular weight is 209 g/mol. The summed E-state index contributed by atoms with van der Waals surface area (Å²) in [6.45, 7) is 4.82. The Hall–Kier alpha value is -1.22. The summed E-state index contributed by atoms with van der Waals surface area (Å²) < 4.78 is 10.7. The van der Waals surface area contributed by atoms with Gasteiger partial charge in [-0.15, -0.1) is 0 Å². The molecule has 0 heterocycles. The van der Waals surface area contributed by atoms with Crippen LogP contribution in [0.2, 0.25) is 0 Å². The van der Waals surface area contributed by atoms with Crippen molar-refractivity contribution in [3.8, 4) is 11.5 Å². The molecule has 1 rings (SSSR count). The van der Waals surface area contributed by atoms with Gasteiger partial charge in [0.15, 0.2) is 0 Å². The molecule has 0 N–H and O–H groups in total. The minimum absolute atomic E-state index is 0.706. The second-order valence-electron chi connectivity index (χ2n) is 3.42. The molecule has 1 aromatic carbocycles. The van der Waals surface area contributed by atoms with Gasteiger partial charge < -0.3 is 14.4 Å². The van der Waals surface area contributed by atoms with Gasteiger partial charge in [-0.3, -0.25) is 0 Å². The Morgan fingerprint density at radius 1 is 1.27 bits per heavy atom. The van der Waals surface area contributed by atoms with Gasteiger partial charge in [-0.25, -0.2) is 0 Å². The Balaban J connectivity index is 2.37. The molecular formula is C12H19NO2. The number of benzene rings is 1. The highest BCUT2D eigenvalue weighted by atomic mass is 16.5. The first-order chi connectivity index (χ1) is 7.26. The molecule has 0 fully saturated rings. The van der Waals surface area contributed by atoms with Crippen molar-refractivity contribution in [2.75, 3.05) is 33.9 Å². The Morgan fingerprint density at radius 2 is 2.00 bits per heavy atom. The predicted octanol–water partition coefficient (Wildman–Crippen LogP) is 2.03. The van der Waals surface area contributed by atoms with Crippen LogP contribution in [0.4, 0.5) is 0 Å². The quantitative estimate of drug-likeness (QED) is 0.715. The number of likely N-dealkylation sites (N-methyl/N-ethyl adjacent to an activating group) is 1. The van der Waals surface area contributed by atoms with Gasteiger partial charge in [0.1, 0.15) is 18.1 Å². The Labute approximate surface area is 91.6 Å². The molecule has 0 aliphatic heterocycles. The van der Waals surface area contributed by atoms with E-state index in [0.29, 0.717) is 6.61 Å². The zero-order valence-electron chi connectivity index (χ0n) is 9.69. The summed E-state index contributed by atoms with van der Waals surface area (Å²) >= 11 is 0. The summed E-state index contributed by atoms with van der Waals surface area (Å²) in [6.07, 6.45) is 0. The van der Waals surface area contributed by atoms with Gasteiger partial charge in [-0.05, 0) is 25.7 Å². The van der Waals surface area contributed by atoms with Crippen LogP contribution in [0.3, 0.4) is 0 Å². The molecule has 0 saturated carbocycles. The molecule has 84 valence electrons. The molecule has 0 spiro atoms. The molecule has 0 aliphatic carbocycles. The van der Waals surface area contributed by atoms with Crippen molar-refractivity contribution in [1.82, 2.24) is 4.90 Å². The van der Waals surface area contributed by atoms with Crippen LogP contribution in [0.5, 0.6) is 11.5 Å². The van der Waals surface area contributed by atoms with Gasteiger partial charge in [-0.2, -0.15) is 0 Å². The van der Waals surface area contributed by atoms with Crippen molar-refractivity contribution < 1.29 is 9.47 Å². The van der Waals surface area contributed by atoms with Crippen molar-refractivity contribution in [1.29, 1.82) is 0 Å². The molecule has 0 atom stereocenters. The van der Waals surface area contributed by atoms with Gasteiger partial charge >= 0.3 is 0 Å². The van der Waals surface area contributed by atoms with Crippen molar-refractivity contribution in [3.05, 3.63) is 24.3 Å². The number of rotatable bonds is 6. The van der Waals surface area contributed by atoms with E-state index in [1.165, 1.54) is 0 Å². The van der Waals surface area contributed by atoms with Gasteiger partial charge in [0.25, 0.3) is 0 Å². The largest absolute Gasteiger partial charge is 0.497 e. The van der Waals surface area contributed by atoms with Crippen LogP contribution in [0, 0.1) is 0 Å². The number of nitrogens with zero attached hydrogens (tertiary/aromatic N) is 1. The fraction of sp³-hybridized carbons (Fsp3) is 0.500. The first-order valence-corrected chi connectivity index (χ1v) is 5.21. The highest BCUT2D eigenvalue weighted by Gasteiger charge is 1.98. The zero-order chi connectivity index (χ0) is 11.1. The van der Waals surface area contributed by atoms with Crippen LogP contribution < -0.4 is 9.47 Å². The normalized spacial score (nSPS) is 10.4. The van der Waals surface area contributed by atoms with Crippen molar-refractivity contribution >= 4 is 0 Å². The molecule has 0 bridgehead atoms. The molecule has 0 amide bonds. The summed E-state index contributed by atoms with van der Waals surface area (Å²) in [4.78, 5) is 2.21. The van der Waals surface area contributed by atoms with Crippen LogP contribution >= 0.6 is 0 Å². The number of hydrogen-bond acceptors (Lipinski definition) is 3. The number of ether oxygens (including phenoxy) is 2. The first-order valence-electron chi connectivity index (χ1n) is 5.21. The molecule has 0 unspecified atom stereocenters. The van der Waals surface area contributed by atoms with E-state index >= 15 is 0 Å². The predicted molar refractivity (Wildman–Crippen MR) is 61.7 cm³/mol. The van der Waals surface area contributed by atoms with E-state index in [9.17, 15) is 0 Å². The van der Waals surface area contributed by atoms with Crippen LogP contribution in [-0.2, 0) is 0 Å². The molecule has 15 heavy (non-hydrogen) atoms. The maximum Gasteiger partial charge on any atom is 0.123 e. The zero-order valence-corrected chi connectivity index (χ0v) is 9.69. The summed E-state index contributed by atoms with van der Waals surface area (Å²) in [5.41, 5.74) is 0. The highest BCUT2D eigenvalue weighted by Crippen LogP contribution is 2.18. The lowest BCUT2D eigenvalue weighted by Crippen LogP contribution is -2.23. The second-order valence-corrected chi connectivity index (χ2v) is 3.42. The van der Waals surface area contributed by atoms with Gasteiger partial charge in [0, 0.05) is 12.6 Å². The summed E-state index contributed by atoms with van der Waals surface area (Å²) in [5, 5.41) is 0. The topological polar surface area (TPSA) is 21.7 Å². The maximum absolute atomic E-state index is 5.60. The minimum Gasteiger partial charge on any atom is -0.497 e. The standard InChI is InChI=1S/C12H19NO2/c1-4-13(2)8-9-15-12-7-5-6-11(10-12)14-3/h5-7,10H,4,8-9H2,1-3H3. The van der Waals surface area contributed by atoms with E-state index in [-0.39, 0.29) is 0 Å². The third kappa shape index (κ3) is 4.21. The van der Waals surface area contributed by atoms with Gasteiger partial charge in [0.2, 0.25) is 0 Å².